The summed E-state index contributed by atoms with van der Waals surface area (Å²) in [5.41, 5.74) is 1.18. The van der Waals surface area contributed by atoms with Crippen molar-refractivity contribution in [1.29, 1.82) is 0 Å². The lowest BCUT2D eigenvalue weighted by Gasteiger charge is -2.24. The summed E-state index contributed by atoms with van der Waals surface area (Å²) in [4.78, 5) is 14.6. The summed E-state index contributed by atoms with van der Waals surface area (Å²) in [5.74, 6) is 0.324. The van der Waals surface area contributed by atoms with Gasteiger partial charge in [0, 0.05) is 31.5 Å². The highest BCUT2D eigenvalue weighted by atomic mass is 16.2. The van der Waals surface area contributed by atoms with Crippen LogP contribution in [0.15, 0.2) is 31.0 Å². The van der Waals surface area contributed by atoms with Crippen LogP contribution in [0.4, 0.5) is 0 Å². The number of hydrogen-bond donors (Lipinski definition) is 0. The topological polar surface area (TPSA) is 25.2 Å². The van der Waals surface area contributed by atoms with Crippen molar-refractivity contribution < 1.29 is 4.79 Å². The molecular weight excluding hydrogens is 236 g/mol. The number of aryl methyl sites for hydroxylation is 1. The van der Waals surface area contributed by atoms with Crippen molar-refractivity contribution in [1.82, 2.24) is 9.47 Å². The van der Waals surface area contributed by atoms with Crippen LogP contribution in [-0.4, -0.2) is 28.5 Å². The number of nitrogens with zero attached hydrogens (tertiary/aromatic N) is 2. The zero-order valence-electron chi connectivity index (χ0n) is 11.8. The van der Waals surface area contributed by atoms with Crippen LogP contribution in [0, 0.1) is 0 Å². The summed E-state index contributed by atoms with van der Waals surface area (Å²) in [6, 6.07) is 4.11. The highest BCUT2D eigenvalue weighted by Crippen LogP contribution is 2.30. The number of fused-ring (bicyclic) bond motifs is 1. The van der Waals surface area contributed by atoms with Crippen LogP contribution in [0.3, 0.4) is 0 Å². The largest absolute Gasteiger partial charge is 0.351 e. The number of unbranched alkanes of at least 4 members (excludes halogenated alkanes) is 2. The molecule has 3 nitrogen and oxygen atoms in total. The fourth-order valence-electron chi connectivity index (χ4n) is 2.83. The molecule has 2 heterocycles. The van der Waals surface area contributed by atoms with Crippen molar-refractivity contribution in [2.24, 2.45) is 0 Å². The SMILES string of the molecule is C=CCN(CCCCC)C(=O)C1CCn2cccc21. The van der Waals surface area contributed by atoms with E-state index in [1.807, 2.05) is 17.0 Å². The molecule has 0 spiro atoms. The van der Waals surface area contributed by atoms with Gasteiger partial charge in [-0.3, -0.25) is 4.79 Å². The highest BCUT2D eigenvalue weighted by molar-refractivity contribution is 5.84. The predicted octanol–water partition coefficient (Wildman–Crippen LogP) is 3.18. The Morgan fingerprint density at radius 1 is 1.58 bits per heavy atom. The second-order valence-corrected chi connectivity index (χ2v) is 5.25. The van der Waals surface area contributed by atoms with Crippen molar-refractivity contribution in [3.8, 4) is 0 Å². The quantitative estimate of drug-likeness (QED) is 0.546. The van der Waals surface area contributed by atoms with Gasteiger partial charge >= 0.3 is 0 Å². The minimum absolute atomic E-state index is 0.0524. The van der Waals surface area contributed by atoms with Crippen LogP contribution in [0.1, 0.15) is 44.2 Å². The zero-order valence-corrected chi connectivity index (χ0v) is 11.8. The van der Waals surface area contributed by atoms with Gasteiger partial charge in [-0.25, -0.2) is 0 Å². The molecule has 1 aliphatic rings. The second kappa shape index (κ2) is 6.60. The number of aromatic nitrogens is 1. The molecule has 1 atom stereocenters. The molecule has 1 amide bonds. The van der Waals surface area contributed by atoms with Crippen molar-refractivity contribution >= 4 is 5.91 Å². The molecule has 0 saturated carbocycles. The van der Waals surface area contributed by atoms with Gasteiger partial charge in [0.15, 0.2) is 0 Å². The molecule has 0 N–H and O–H groups in total. The Kier molecular flexibility index (Phi) is 4.83. The third-order valence-electron chi connectivity index (χ3n) is 3.87. The Balaban J connectivity index is 2.01. The van der Waals surface area contributed by atoms with E-state index in [1.165, 1.54) is 18.5 Å². The maximum atomic E-state index is 12.7. The Morgan fingerprint density at radius 3 is 3.16 bits per heavy atom. The Bertz CT molecular complexity index is 436. The average molecular weight is 260 g/mol. The number of hydrogen-bond acceptors (Lipinski definition) is 1. The van der Waals surface area contributed by atoms with Gasteiger partial charge in [0.25, 0.3) is 0 Å². The standard InChI is InChI=1S/C16H24N2O/c1-3-5-6-11-18(10-4-2)16(19)14-9-13-17-12-7-8-15(14)17/h4,7-8,12,14H,2-3,5-6,9-11,13H2,1H3. The lowest BCUT2D eigenvalue weighted by molar-refractivity contribution is -0.132. The molecule has 1 aliphatic heterocycles. The molecule has 1 aromatic rings. The molecule has 0 bridgehead atoms. The van der Waals surface area contributed by atoms with Crippen molar-refractivity contribution in [3.63, 3.8) is 0 Å². The molecule has 0 radical (unpaired) electrons. The van der Waals surface area contributed by atoms with Crippen LogP contribution in [0.25, 0.3) is 0 Å². The van der Waals surface area contributed by atoms with E-state index >= 15 is 0 Å². The maximum Gasteiger partial charge on any atom is 0.231 e. The molecule has 0 aliphatic carbocycles. The summed E-state index contributed by atoms with van der Waals surface area (Å²) in [5, 5.41) is 0. The van der Waals surface area contributed by atoms with Crippen molar-refractivity contribution in [2.45, 2.75) is 45.1 Å². The molecule has 3 heteroatoms. The summed E-state index contributed by atoms with van der Waals surface area (Å²) in [7, 11) is 0. The van der Waals surface area contributed by atoms with Crippen LogP contribution >= 0.6 is 0 Å². The monoisotopic (exact) mass is 260 g/mol. The molecule has 1 aromatic heterocycles. The lowest BCUT2D eigenvalue weighted by atomic mass is 10.0. The van der Waals surface area contributed by atoms with E-state index in [2.05, 4.69) is 30.3 Å². The van der Waals surface area contributed by atoms with E-state index in [0.29, 0.717) is 6.54 Å². The number of carbonyl (C=O) groups is 1. The third-order valence-corrected chi connectivity index (χ3v) is 3.87. The van der Waals surface area contributed by atoms with Crippen molar-refractivity contribution in [2.75, 3.05) is 13.1 Å². The molecule has 0 fully saturated rings. The fraction of sp³-hybridized carbons (Fsp3) is 0.562. The highest BCUT2D eigenvalue weighted by Gasteiger charge is 2.31. The van der Waals surface area contributed by atoms with E-state index in [0.717, 1.165) is 25.9 Å². The molecule has 1 unspecified atom stereocenters. The minimum Gasteiger partial charge on any atom is -0.351 e. The van der Waals surface area contributed by atoms with Gasteiger partial charge in [-0.05, 0) is 25.0 Å². The molecule has 19 heavy (non-hydrogen) atoms. The van der Waals surface area contributed by atoms with Crippen LogP contribution < -0.4 is 0 Å². The average Bonchev–Trinajstić information content (AvgIpc) is 2.99. The van der Waals surface area contributed by atoms with Gasteiger partial charge in [-0.2, -0.15) is 0 Å². The van der Waals surface area contributed by atoms with Crippen molar-refractivity contribution in [3.05, 3.63) is 36.7 Å². The Labute approximate surface area is 115 Å². The first kappa shape index (κ1) is 13.9. The maximum absolute atomic E-state index is 12.7. The van der Waals surface area contributed by atoms with Gasteiger partial charge in [0.2, 0.25) is 5.91 Å². The van der Waals surface area contributed by atoms with Gasteiger partial charge in [0.05, 0.1) is 5.92 Å². The van der Waals surface area contributed by atoms with E-state index in [-0.39, 0.29) is 11.8 Å². The van der Waals surface area contributed by atoms with Gasteiger partial charge in [-0.15, -0.1) is 6.58 Å². The molecule has 2 rings (SSSR count). The van der Waals surface area contributed by atoms with Gasteiger partial charge in [-0.1, -0.05) is 25.8 Å². The van der Waals surface area contributed by atoms with E-state index in [4.69, 9.17) is 0 Å². The lowest BCUT2D eigenvalue weighted by Crippen LogP contribution is -2.35. The van der Waals surface area contributed by atoms with Crippen LogP contribution in [0.2, 0.25) is 0 Å². The summed E-state index contributed by atoms with van der Waals surface area (Å²) in [6.07, 6.45) is 8.29. The smallest absolute Gasteiger partial charge is 0.231 e. The summed E-state index contributed by atoms with van der Waals surface area (Å²) >= 11 is 0. The molecule has 0 saturated heterocycles. The number of amides is 1. The van der Waals surface area contributed by atoms with Crippen LogP contribution in [-0.2, 0) is 11.3 Å². The summed E-state index contributed by atoms with van der Waals surface area (Å²) in [6.45, 7) is 8.45. The van der Waals surface area contributed by atoms with Crippen LogP contribution in [0.5, 0.6) is 0 Å². The molecular formula is C16H24N2O. The first-order valence-electron chi connectivity index (χ1n) is 7.32. The van der Waals surface area contributed by atoms with Gasteiger partial charge < -0.3 is 9.47 Å². The number of rotatable bonds is 7. The normalized spacial score (nSPS) is 17.2. The minimum atomic E-state index is 0.0524. The fourth-order valence-corrected chi connectivity index (χ4v) is 2.83. The third kappa shape index (κ3) is 3.09. The summed E-state index contributed by atoms with van der Waals surface area (Å²) < 4.78 is 2.20. The van der Waals surface area contributed by atoms with E-state index in [1.54, 1.807) is 0 Å². The predicted molar refractivity (Wildman–Crippen MR) is 78.1 cm³/mol. The van der Waals surface area contributed by atoms with Gasteiger partial charge in [0.1, 0.15) is 0 Å². The Hall–Kier alpha value is -1.51. The first-order chi connectivity index (χ1) is 9.27. The molecule has 104 valence electrons. The Morgan fingerprint density at radius 2 is 2.42 bits per heavy atom. The van der Waals surface area contributed by atoms with E-state index in [9.17, 15) is 4.79 Å². The zero-order chi connectivity index (χ0) is 13.7. The first-order valence-corrected chi connectivity index (χ1v) is 7.32. The number of carbonyl (C=O) groups excluding carboxylic acids is 1. The molecule has 0 aromatic carbocycles. The van der Waals surface area contributed by atoms with E-state index < -0.39 is 0 Å². The second-order valence-electron chi connectivity index (χ2n) is 5.25.